The van der Waals surface area contributed by atoms with Crippen LogP contribution in [0.1, 0.15) is 58.7 Å². The molecule has 31 heavy (non-hydrogen) atoms. The van der Waals surface area contributed by atoms with Gasteiger partial charge in [0.2, 0.25) is 0 Å². The van der Waals surface area contributed by atoms with E-state index < -0.39 is 24.4 Å². The minimum atomic E-state index is -0.893. The fourth-order valence-electron chi connectivity index (χ4n) is 4.66. The van der Waals surface area contributed by atoms with E-state index in [2.05, 4.69) is 10.6 Å². The van der Waals surface area contributed by atoms with Gasteiger partial charge in [0.05, 0.1) is 6.54 Å². The SMILES string of the molecule is Cc1cc(C(=O)CN2C(=O)C(=O)N(C3CCCCC3)C2=O)c(C)n1CCc1cccs1. The van der Waals surface area contributed by atoms with Gasteiger partial charge in [0.1, 0.15) is 0 Å². The molecule has 0 aromatic carbocycles. The summed E-state index contributed by atoms with van der Waals surface area (Å²) in [6, 6.07) is 5.02. The first-order valence-corrected chi connectivity index (χ1v) is 11.7. The Morgan fingerprint density at radius 3 is 2.52 bits per heavy atom. The molecular weight excluding hydrogens is 414 g/mol. The van der Waals surface area contributed by atoms with Gasteiger partial charge in [-0.2, -0.15) is 0 Å². The quantitative estimate of drug-likeness (QED) is 0.373. The Hall–Kier alpha value is -2.74. The van der Waals surface area contributed by atoms with E-state index in [1.807, 2.05) is 25.3 Å². The van der Waals surface area contributed by atoms with E-state index >= 15 is 0 Å². The first-order chi connectivity index (χ1) is 14.9. The average Bonchev–Trinajstić information content (AvgIpc) is 3.43. The molecule has 1 aliphatic carbocycles. The Morgan fingerprint density at radius 2 is 1.84 bits per heavy atom. The molecule has 1 saturated heterocycles. The van der Waals surface area contributed by atoms with E-state index in [0.717, 1.165) is 66.3 Å². The zero-order chi connectivity index (χ0) is 22.1. The smallest absolute Gasteiger partial charge is 0.334 e. The van der Waals surface area contributed by atoms with E-state index in [1.54, 1.807) is 17.4 Å². The van der Waals surface area contributed by atoms with Crippen molar-refractivity contribution >= 4 is 35.0 Å². The molecule has 3 heterocycles. The summed E-state index contributed by atoms with van der Waals surface area (Å²) in [7, 11) is 0. The van der Waals surface area contributed by atoms with Crippen LogP contribution in [-0.2, 0) is 22.6 Å². The molecule has 2 aromatic heterocycles. The van der Waals surface area contributed by atoms with Crippen LogP contribution in [0.2, 0.25) is 0 Å². The number of urea groups is 1. The van der Waals surface area contributed by atoms with E-state index in [-0.39, 0.29) is 11.8 Å². The fourth-order valence-corrected chi connectivity index (χ4v) is 5.35. The molecule has 4 amide bonds. The van der Waals surface area contributed by atoms with Crippen molar-refractivity contribution in [1.29, 1.82) is 0 Å². The van der Waals surface area contributed by atoms with Crippen molar-refractivity contribution in [3.63, 3.8) is 0 Å². The van der Waals surface area contributed by atoms with Crippen molar-refractivity contribution in [2.45, 2.75) is 65.0 Å². The van der Waals surface area contributed by atoms with E-state index in [4.69, 9.17) is 0 Å². The number of hydrogen-bond donors (Lipinski definition) is 0. The second kappa shape index (κ2) is 8.78. The molecule has 2 aromatic rings. The van der Waals surface area contributed by atoms with E-state index in [1.165, 1.54) is 4.88 Å². The monoisotopic (exact) mass is 441 g/mol. The molecule has 8 heteroatoms. The number of amides is 4. The van der Waals surface area contributed by atoms with Gasteiger partial charge in [-0.1, -0.05) is 25.3 Å². The summed E-state index contributed by atoms with van der Waals surface area (Å²) >= 11 is 1.70. The molecular formula is C23H27N3O4S. The summed E-state index contributed by atoms with van der Waals surface area (Å²) in [6.45, 7) is 4.17. The molecule has 7 nitrogen and oxygen atoms in total. The molecule has 2 fully saturated rings. The molecule has 0 radical (unpaired) electrons. The number of nitrogens with zero attached hydrogens (tertiary/aromatic N) is 3. The third-order valence-corrected chi connectivity index (χ3v) is 7.30. The van der Waals surface area contributed by atoms with Gasteiger partial charge in [-0.15, -0.1) is 11.3 Å². The van der Waals surface area contributed by atoms with Gasteiger partial charge < -0.3 is 4.57 Å². The number of ketones is 1. The molecule has 4 rings (SSSR count). The van der Waals surface area contributed by atoms with Crippen molar-refractivity contribution in [1.82, 2.24) is 14.4 Å². The molecule has 0 bridgehead atoms. The Balaban J connectivity index is 1.47. The number of hydrogen-bond acceptors (Lipinski definition) is 5. The average molecular weight is 442 g/mol. The van der Waals surface area contributed by atoms with Gasteiger partial charge >= 0.3 is 17.8 Å². The molecule has 1 saturated carbocycles. The molecule has 1 aliphatic heterocycles. The third-order valence-electron chi connectivity index (χ3n) is 6.36. The Bertz CT molecular complexity index is 1020. The molecule has 0 N–H and O–H groups in total. The lowest BCUT2D eigenvalue weighted by Gasteiger charge is -2.28. The standard InChI is InChI=1S/C23H27N3O4S/c1-15-13-19(16(2)24(15)11-10-18-9-6-12-31-18)20(27)14-25-21(28)22(29)26(23(25)30)17-7-4-3-5-8-17/h6,9,12-13,17H,3-5,7-8,10-11,14H2,1-2H3. The van der Waals surface area contributed by atoms with Crippen LogP contribution in [0.5, 0.6) is 0 Å². The highest BCUT2D eigenvalue weighted by Crippen LogP contribution is 2.27. The molecule has 164 valence electrons. The van der Waals surface area contributed by atoms with Gasteiger partial charge in [0, 0.05) is 34.4 Å². The number of rotatable bonds is 7. The second-order valence-electron chi connectivity index (χ2n) is 8.33. The molecule has 0 spiro atoms. The zero-order valence-electron chi connectivity index (χ0n) is 17.9. The maximum atomic E-state index is 13.0. The summed E-state index contributed by atoms with van der Waals surface area (Å²) in [5.74, 6) is -2.02. The topological polar surface area (TPSA) is 79.7 Å². The van der Waals surface area contributed by atoms with Crippen molar-refractivity contribution in [3.05, 3.63) is 45.4 Å². The van der Waals surface area contributed by atoms with Crippen molar-refractivity contribution < 1.29 is 19.2 Å². The van der Waals surface area contributed by atoms with Crippen LogP contribution in [0.25, 0.3) is 0 Å². The number of thiophene rings is 1. The lowest BCUT2D eigenvalue weighted by Crippen LogP contribution is -2.43. The highest BCUT2D eigenvalue weighted by molar-refractivity contribution is 7.09. The number of aromatic nitrogens is 1. The Kier molecular flexibility index (Phi) is 6.09. The minimum absolute atomic E-state index is 0.236. The van der Waals surface area contributed by atoms with Gasteiger partial charge in [-0.05, 0) is 50.6 Å². The first kappa shape index (κ1) is 21.5. The van der Waals surface area contributed by atoms with Crippen molar-refractivity contribution in [3.8, 4) is 0 Å². The predicted molar refractivity (Wildman–Crippen MR) is 117 cm³/mol. The number of imide groups is 2. The van der Waals surface area contributed by atoms with Crippen molar-refractivity contribution in [2.24, 2.45) is 0 Å². The number of carbonyl (C=O) groups is 4. The highest BCUT2D eigenvalue weighted by Gasteiger charge is 2.48. The minimum Gasteiger partial charge on any atom is -0.348 e. The van der Waals surface area contributed by atoms with Crippen LogP contribution < -0.4 is 0 Å². The lowest BCUT2D eigenvalue weighted by molar-refractivity contribution is -0.144. The summed E-state index contributed by atoms with van der Waals surface area (Å²) < 4.78 is 2.08. The summed E-state index contributed by atoms with van der Waals surface area (Å²) in [5.41, 5.74) is 2.26. The van der Waals surface area contributed by atoms with Crippen molar-refractivity contribution in [2.75, 3.05) is 6.54 Å². The van der Waals surface area contributed by atoms with E-state index in [0.29, 0.717) is 5.56 Å². The van der Waals surface area contributed by atoms with Crippen LogP contribution in [0.4, 0.5) is 4.79 Å². The maximum Gasteiger partial charge on any atom is 0.334 e. The van der Waals surface area contributed by atoms with Crippen LogP contribution in [0.15, 0.2) is 23.6 Å². The summed E-state index contributed by atoms with van der Waals surface area (Å²) in [6.07, 6.45) is 5.26. The Morgan fingerprint density at radius 1 is 1.10 bits per heavy atom. The molecule has 0 atom stereocenters. The third kappa shape index (κ3) is 4.08. The highest BCUT2D eigenvalue weighted by atomic mass is 32.1. The molecule has 2 aliphatic rings. The fraction of sp³-hybridized carbons (Fsp3) is 0.478. The predicted octanol–water partition coefficient (Wildman–Crippen LogP) is 3.72. The van der Waals surface area contributed by atoms with Gasteiger partial charge in [-0.25, -0.2) is 9.69 Å². The van der Waals surface area contributed by atoms with Gasteiger partial charge in [-0.3, -0.25) is 19.3 Å². The second-order valence-corrected chi connectivity index (χ2v) is 9.36. The maximum absolute atomic E-state index is 13.0. The molecule has 0 unspecified atom stereocenters. The van der Waals surface area contributed by atoms with Crippen LogP contribution in [-0.4, -0.2) is 50.6 Å². The largest absolute Gasteiger partial charge is 0.348 e. The zero-order valence-corrected chi connectivity index (χ0v) is 18.7. The Labute approximate surface area is 185 Å². The lowest BCUT2D eigenvalue weighted by atomic mass is 9.94. The summed E-state index contributed by atoms with van der Waals surface area (Å²) in [4.78, 5) is 54.0. The van der Waals surface area contributed by atoms with Gasteiger partial charge in [0.15, 0.2) is 5.78 Å². The summed E-state index contributed by atoms with van der Waals surface area (Å²) in [5, 5.41) is 2.04. The van der Waals surface area contributed by atoms with E-state index in [9.17, 15) is 19.2 Å². The van der Waals surface area contributed by atoms with Crippen LogP contribution >= 0.6 is 11.3 Å². The van der Waals surface area contributed by atoms with Gasteiger partial charge in [0.25, 0.3) is 0 Å². The number of carbonyl (C=O) groups excluding carboxylic acids is 4. The number of aryl methyl sites for hydroxylation is 2. The van der Waals surface area contributed by atoms with Crippen LogP contribution in [0, 0.1) is 13.8 Å². The van der Waals surface area contributed by atoms with Crippen LogP contribution in [0.3, 0.4) is 0 Å². The normalized spacial score (nSPS) is 17.8. The number of Topliss-reactive ketones (excluding diaryl/α,β-unsaturated/α-hetero) is 1. The first-order valence-electron chi connectivity index (χ1n) is 10.8.